The maximum atomic E-state index is 13.3. The van der Waals surface area contributed by atoms with Gasteiger partial charge in [-0.15, -0.1) is 0 Å². The second-order valence-corrected chi connectivity index (χ2v) is 8.71. The number of rotatable bonds is 8. The minimum atomic E-state index is -0.508. The van der Waals surface area contributed by atoms with E-state index < -0.39 is 5.92 Å². The van der Waals surface area contributed by atoms with Gasteiger partial charge in [-0.2, -0.15) is 0 Å². The van der Waals surface area contributed by atoms with Crippen LogP contribution in [0, 0.1) is 5.92 Å². The van der Waals surface area contributed by atoms with Gasteiger partial charge in [0.1, 0.15) is 11.5 Å². The molecule has 0 aliphatic carbocycles. The first-order valence-corrected chi connectivity index (χ1v) is 12.3. The quantitative estimate of drug-likeness (QED) is 0.594. The fraction of sp³-hybridized carbons (Fsp3) is 0.462. The molecule has 0 saturated carbocycles. The number of morpholine rings is 1. The summed E-state index contributed by atoms with van der Waals surface area (Å²) in [5, 5.41) is 2.99. The molecule has 10 heteroatoms. The molecule has 0 spiro atoms. The van der Waals surface area contributed by atoms with Crippen molar-refractivity contribution in [3.63, 3.8) is 0 Å². The number of carbonyl (C=O) groups excluding carboxylic acids is 2. The van der Waals surface area contributed by atoms with Gasteiger partial charge in [0.05, 0.1) is 43.7 Å². The molecule has 0 radical (unpaired) electrons. The first-order chi connectivity index (χ1) is 17.6. The number of benzene rings is 2. The van der Waals surface area contributed by atoms with Crippen LogP contribution in [0.4, 0.5) is 17.1 Å². The van der Waals surface area contributed by atoms with Crippen LogP contribution in [0.25, 0.3) is 0 Å². The zero-order valence-electron chi connectivity index (χ0n) is 20.6. The molecule has 0 aromatic heterocycles. The first kappa shape index (κ1) is 24.1. The van der Waals surface area contributed by atoms with E-state index in [9.17, 15) is 9.59 Å². The third kappa shape index (κ3) is 4.86. The molecule has 10 nitrogen and oxygen atoms in total. The van der Waals surface area contributed by atoms with Crippen LogP contribution in [0.3, 0.4) is 0 Å². The minimum absolute atomic E-state index is 0.114. The third-order valence-corrected chi connectivity index (χ3v) is 6.43. The normalized spacial score (nSPS) is 18.9. The Kier molecular flexibility index (Phi) is 7.04. The molecular formula is C26H31N3O7. The summed E-state index contributed by atoms with van der Waals surface area (Å²) >= 11 is 0. The van der Waals surface area contributed by atoms with Crippen molar-refractivity contribution in [2.75, 3.05) is 68.0 Å². The van der Waals surface area contributed by atoms with E-state index in [1.165, 1.54) is 0 Å². The summed E-state index contributed by atoms with van der Waals surface area (Å²) in [4.78, 5) is 29.9. The monoisotopic (exact) mass is 497 g/mol. The molecule has 0 bridgehead atoms. The summed E-state index contributed by atoms with van der Waals surface area (Å²) < 4.78 is 28.1. The number of nitrogens with one attached hydrogen (secondary N) is 1. The van der Waals surface area contributed by atoms with Gasteiger partial charge in [0.2, 0.25) is 18.6 Å². The van der Waals surface area contributed by atoms with E-state index in [0.29, 0.717) is 60.8 Å². The lowest BCUT2D eigenvalue weighted by molar-refractivity contribution is -0.122. The smallest absolute Gasteiger partial charge is 0.231 e. The molecule has 1 atom stereocenters. The Labute approximate surface area is 210 Å². The van der Waals surface area contributed by atoms with Gasteiger partial charge in [-0.3, -0.25) is 9.59 Å². The summed E-state index contributed by atoms with van der Waals surface area (Å²) in [7, 11) is 0. The van der Waals surface area contributed by atoms with Crippen LogP contribution in [-0.4, -0.2) is 64.7 Å². The highest BCUT2D eigenvalue weighted by atomic mass is 16.7. The Bertz CT molecular complexity index is 1130. The highest BCUT2D eigenvalue weighted by molar-refractivity contribution is 6.04. The SMILES string of the molecule is CCOc1cc(N2CCOCC2)c(OCC)cc1NC(=O)C1CC(=O)N(c2ccc3c(c2)OCO3)C1. The predicted octanol–water partition coefficient (Wildman–Crippen LogP) is 3.04. The van der Waals surface area contributed by atoms with Gasteiger partial charge >= 0.3 is 0 Å². The standard InChI is InChI=1S/C26H31N3O7/c1-3-33-22-14-20(28-7-9-32-10-8-28)23(34-4-2)13-19(22)27-26(31)17-11-25(30)29(15-17)18-5-6-21-24(12-18)36-16-35-21/h5-6,12-14,17H,3-4,7-11,15-16H2,1-2H3,(H,27,31). The lowest BCUT2D eigenvalue weighted by atomic mass is 10.1. The summed E-state index contributed by atoms with van der Waals surface area (Å²) in [5.74, 6) is 1.61. The molecule has 1 N–H and O–H groups in total. The number of hydrogen-bond donors (Lipinski definition) is 1. The summed E-state index contributed by atoms with van der Waals surface area (Å²) in [6.07, 6.45) is 0.119. The number of ether oxygens (including phenoxy) is 5. The summed E-state index contributed by atoms with van der Waals surface area (Å²) in [5.41, 5.74) is 2.12. The van der Waals surface area contributed by atoms with E-state index in [-0.39, 0.29) is 31.6 Å². The van der Waals surface area contributed by atoms with E-state index in [4.69, 9.17) is 23.7 Å². The molecule has 2 aromatic rings. The lowest BCUT2D eigenvalue weighted by Crippen LogP contribution is -2.36. The average Bonchev–Trinajstić information content (AvgIpc) is 3.52. The molecule has 3 heterocycles. The summed E-state index contributed by atoms with van der Waals surface area (Å²) in [6, 6.07) is 9.07. The molecular weight excluding hydrogens is 466 g/mol. The maximum Gasteiger partial charge on any atom is 0.231 e. The van der Waals surface area contributed by atoms with Gasteiger partial charge in [0, 0.05) is 49.9 Å². The van der Waals surface area contributed by atoms with E-state index in [0.717, 1.165) is 18.8 Å². The number of fused-ring (bicyclic) bond motifs is 1. The Morgan fingerprint density at radius 3 is 2.56 bits per heavy atom. The Morgan fingerprint density at radius 2 is 1.78 bits per heavy atom. The fourth-order valence-corrected chi connectivity index (χ4v) is 4.66. The molecule has 192 valence electrons. The zero-order valence-corrected chi connectivity index (χ0v) is 20.6. The van der Waals surface area contributed by atoms with Crippen LogP contribution in [-0.2, 0) is 14.3 Å². The fourth-order valence-electron chi connectivity index (χ4n) is 4.66. The molecule has 2 fully saturated rings. The van der Waals surface area contributed by atoms with Crippen molar-refractivity contribution < 1.29 is 33.3 Å². The Balaban J connectivity index is 1.35. The molecule has 2 saturated heterocycles. The van der Waals surface area contributed by atoms with Gasteiger partial charge in [-0.25, -0.2) is 0 Å². The number of hydrogen-bond acceptors (Lipinski definition) is 8. The molecule has 1 unspecified atom stereocenters. The number of carbonyl (C=O) groups is 2. The third-order valence-electron chi connectivity index (χ3n) is 6.43. The average molecular weight is 498 g/mol. The molecule has 5 rings (SSSR count). The lowest BCUT2D eigenvalue weighted by Gasteiger charge is -2.31. The largest absolute Gasteiger partial charge is 0.492 e. The minimum Gasteiger partial charge on any atom is -0.492 e. The van der Waals surface area contributed by atoms with E-state index in [1.54, 1.807) is 23.1 Å². The van der Waals surface area contributed by atoms with Gasteiger partial charge in [0.15, 0.2) is 11.5 Å². The van der Waals surface area contributed by atoms with Crippen LogP contribution in [0.2, 0.25) is 0 Å². The van der Waals surface area contributed by atoms with Gasteiger partial charge in [0.25, 0.3) is 0 Å². The van der Waals surface area contributed by atoms with Crippen molar-refractivity contribution in [3.05, 3.63) is 30.3 Å². The van der Waals surface area contributed by atoms with Crippen LogP contribution in [0.15, 0.2) is 30.3 Å². The molecule has 36 heavy (non-hydrogen) atoms. The zero-order chi connectivity index (χ0) is 25.1. The van der Waals surface area contributed by atoms with Crippen LogP contribution in [0.1, 0.15) is 20.3 Å². The van der Waals surface area contributed by atoms with Crippen molar-refractivity contribution in [1.82, 2.24) is 0 Å². The Morgan fingerprint density at radius 1 is 1.03 bits per heavy atom. The topological polar surface area (TPSA) is 98.8 Å². The second-order valence-electron chi connectivity index (χ2n) is 8.71. The van der Waals surface area contributed by atoms with Crippen LogP contribution in [0.5, 0.6) is 23.0 Å². The van der Waals surface area contributed by atoms with E-state index in [1.807, 2.05) is 26.0 Å². The van der Waals surface area contributed by atoms with Gasteiger partial charge < -0.3 is 38.8 Å². The van der Waals surface area contributed by atoms with E-state index in [2.05, 4.69) is 10.2 Å². The molecule has 2 aromatic carbocycles. The molecule has 3 aliphatic rings. The number of anilines is 3. The van der Waals surface area contributed by atoms with E-state index >= 15 is 0 Å². The van der Waals surface area contributed by atoms with Gasteiger partial charge in [-0.1, -0.05) is 0 Å². The first-order valence-electron chi connectivity index (χ1n) is 12.3. The molecule has 3 aliphatic heterocycles. The van der Waals surface area contributed by atoms with Crippen LogP contribution < -0.4 is 34.1 Å². The van der Waals surface area contributed by atoms with Crippen molar-refractivity contribution in [2.45, 2.75) is 20.3 Å². The second kappa shape index (κ2) is 10.5. The molecule has 2 amide bonds. The van der Waals surface area contributed by atoms with Crippen molar-refractivity contribution in [3.8, 4) is 23.0 Å². The Hall–Kier alpha value is -3.66. The van der Waals surface area contributed by atoms with Crippen molar-refractivity contribution in [1.29, 1.82) is 0 Å². The van der Waals surface area contributed by atoms with Gasteiger partial charge in [-0.05, 0) is 26.0 Å². The predicted molar refractivity (Wildman–Crippen MR) is 133 cm³/mol. The highest BCUT2D eigenvalue weighted by Crippen LogP contribution is 2.40. The van der Waals surface area contributed by atoms with Crippen LogP contribution >= 0.6 is 0 Å². The number of nitrogens with zero attached hydrogens (tertiary/aromatic N) is 2. The van der Waals surface area contributed by atoms with Crippen molar-refractivity contribution >= 4 is 28.9 Å². The number of amides is 2. The maximum absolute atomic E-state index is 13.3. The summed E-state index contributed by atoms with van der Waals surface area (Å²) in [6.45, 7) is 7.97. The van der Waals surface area contributed by atoms with Crippen molar-refractivity contribution in [2.24, 2.45) is 5.92 Å². The highest BCUT2D eigenvalue weighted by Gasteiger charge is 2.36.